The maximum atomic E-state index is 13.3. The molecule has 1 aliphatic heterocycles. The van der Waals surface area contributed by atoms with E-state index in [0.29, 0.717) is 0 Å². The number of alkyl halides is 3. The predicted octanol–water partition coefficient (Wildman–Crippen LogP) is 2.75. The van der Waals surface area contributed by atoms with E-state index in [0.717, 1.165) is 4.90 Å². The monoisotopic (exact) mass is 381 g/mol. The Morgan fingerprint density at radius 3 is 2.63 bits per heavy atom. The van der Waals surface area contributed by atoms with Gasteiger partial charge in [0.05, 0.1) is 6.20 Å². The van der Waals surface area contributed by atoms with Crippen molar-refractivity contribution in [2.24, 2.45) is 5.41 Å². The first-order valence-electron chi connectivity index (χ1n) is 7.86. The first-order valence-corrected chi connectivity index (χ1v) is 7.86. The Labute approximate surface area is 151 Å². The van der Waals surface area contributed by atoms with E-state index in [1.807, 2.05) is 0 Å². The molecule has 0 saturated carbocycles. The van der Waals surface area contributed by atoms with Gasteiger partial charge in [0.2, 0.25) is 5.88 Å². The summed E-state index contributed by atoms with van der Waals surface area (Å²) in [6, 6.07) is 5.82. The highest BCUT2D eigenvalue weighted by molar-refractivity contribution is 5.95. The van der Waals surface area contributed by atoms with E-state index in [1.165, 1.54) is 36.8 Å². The number of halogens is 3. The molecule has 0 bridgehead atoms. The summed E-state index contributed by atoms with van der Waals surface area (Å²) < 4.78 is 45.2. The van der Waals surface area contributed by atoms with Crippen LogP contribution in [0.25, 0.3) is 0 Å². The van der Waals surface area contributed by atoms with Crippen molar-refractivity contribution < 1.29 is 32.6 Å². The number of carbonyl (C=O) groups excluding carboxylic acids is 1. The summed E-state index contributed by atoms with van der Waals surface area (Å²) in [5.74, 6) is -2.25. The summed E-state index contributed by atoms with van der Waals surface area (Å²) in [6.07, 6.45) is -1.41. The Morgan fingerprint density at radius 2 is 2.04 bits per heavy atom. The average Bonchev–Trinajstić information content (AvgIpc) is 3.09. The third-order valence-electron chi connectivity index (χ3n) is 4.35. The maximum absolute atomic E-state index is 13.3. The number of amides is 1. The predicted molar refractivity (Wildman–Crippen MR) is 85.2 cm³/mol. The number of aromatic nitrogens is 2. The molecule has 27 heavy (non-hydrogen) atoms. The van der Waals surface area contributed by atoms with Crippen LogP contribution in [0.1, 0.15) is 16.8 Å². The summed E-state index contributed by atoms with van der Waals surface area (Å²) in [6.45, 7) is -1.24. The lowest BCUT2D eigenvalue weighted by Crippen LogP contribution is -2.47. The zero-order valence-electron chi connectivity index (χ0n) is 13.8. The molecule has 0 spiro atoms. The van der Waals surface area contributed by atoms with Gasteiger partial charge in [-0.3, -0.25) is 14.6 Å². The second-order valence-corrected chi connectivity index (χ2v) is 6.04. The fourth-order valence-electron chi connectivity index (χ4n) is 2.84. The number of ether oxygens (including phenoxy) is 1. The van der Waals surface area contributed by atoms with Crippen LogP contribution in [0.5, 0.6) is 11.6 Å². The first-order chi connectivity index (χ1) is 12.7. The summed E-state index contributed by atoms with van der Waals surface area (Å²) in [7, 11) is 0. The van der Waals surface area contributed by atoms with Crippen LogP contribution in [0.2, 0.25) is 0 Å². The lowest BCUT2D eigenvalue weighted by molar-refractivity contribution is -0.227. The van der Waals surface area contributed by atoms with Crippen LogP contribution in [-0.2, 0) is 4.79 Å². The van der Waals surface area contributed by atoms with Crippen molar-refractivity contribution in [1.82, 2.24) is 14.9 Å². The molecule has 7 nitrogen and oxygen atoms in total. The smallest absolute Gasteiger partial charge is 0.406 e. The quantitative estimate of drug-likeness (QED) is 0.876. The molecule has 1 fully saturated rings. The molecule has 1 atom stereocenters. The number of carboxylic acid groups (broad SMARTS) is 1. The van der Waals surface area contributed by atoms with Crippen LogP contribution < -0.4 is 4.74 Å². The molecule has 1 N–H and O–H groups in total. The van der Waals surface area contributed by atoms with Gasteiger partial charge < -0.3 is 14.7 Å². The largest absolute Gasteiger partial charge is 0.481 e. The molecular formula is C17H14F3N3O4. The Hall–Kier alpha value is -3.17. The Kier molecular flexibility index (Phi) is 4.73. The first kappa shape index (κ1) is 18.6. The van der Waals surface area contributed by atoms with Crippen LogP contribution in [0, 0.1) is 5.41 Å². The van der Waals surface area contributed by atoms with Gasteiger partial charge in [0.15, 0.2) is 5.41 Å². The molecule has 2 aromatic rings. The Bertz CT molecular complexity index is 860. The minimum absolute atomic E-state index is 0.0831. The van der Waals surface area contributed by atoms with E-state index in [9.17, 15) is 22.8 Å². The zero-order chi connectivity index (χ0) is 19.7. The van der Waals surface area contributed by atoms with Gasteiger partial charge in [0.1, 0.15) is 5.75 Å². The molecule has 0 radical (unpaired) electrons. The molecule has 1 aromatic heterocycles. The summed E-state index contributed by atoms with van der Waals surface area (Å²) >= 11 is 0. The molecule has 2 heterocycles. The van der Waals surface area contributed by atoms with Crippen LogP contribution in [0.15, 0.2) is 42.9 Å². The number of hydrogen-bond donors (Lipinski definition) is 1. The molecule has 1 aromatic carbocycles. The van der Waals surface area contributed by atoms with Gasteiger partial charge in [-0.2, -0.15) is 13.2 Å². The molecule has 3 rings (SSSR count). The summed E-state index contributed by atoms with van der Waals surface area (Å²) in [4.78, 5) is 32.5. The molecule has 0 aliphatic carbocycles. The van der Waals surface area contributed by atoms with Crippen LogP contribution in [-0.4, -0.2) is 51.1 Å². The Balaban J connectivity index is 1.79. The van der Waals surface area contributed by atoms with Gasteiger partial charge in [-0.25, -0.2) is 4.98 Å². The molecule has 1 saturated heterocycles. The number of rotatable bonds is 4. The van der Waals surface area contributed by atoms with Gasteiger partial charge in [0, 0.05) is 31.0 Å². The van der Waals surface area contributed by atoms with E-state index in [1.54, 1.807) is 6.07 Å². The van der Waals surface area contributed by atoms with Crippen LogP contribution in [0.4, 0.5) is 13.2 Å². The van der Waals surface area contributed by atoms with Gasteiger partial charge in [-0.05, 0) is 24.6 Å². The van der Waals surface area contributed by atoms with E-state index < -0.39 is 36.4 Å². The third-order valence-corrected chi connectivity index (χ3v) is 4.35. The summed E-state index contributed by atoms with van der Waals surface area (Å²) in [5.41, 5.74) is -2.86. The van der Waals surface area contributed by atoms with Gasteiger partial charge in [0.25, 0.3) is 5.91 Å². The standard InChI is InChI=1S/C17H14F3N3O4/c18-17(19,20)16(15(25)26)4-7-23(10-16)14(24)11-2-1-3-12(8-11)27-13-9-21-5-6-22-13/h1-3,5-6,8-9H,4,7,10H2,(H,25,26). The minimum atomic E-state index is -4.95. The fraction of sp³-hybridized carbons (Fsp3) is 0.294. The minimum Gasteiger partial charge on any atom is -0.481 e. The van der Waals surface area contributed by atoms with Crippen molar-refractivity contribution in [2.75, 3.05) is 13.1 Å². The van der Waals surface area contributed by atoms with Crippen molar-refractivity contribution >= 4 is 11.9 Å². The van der Waals surface area contributed by atoms with Gasteiger partial charge in [-0.15, -0.1) is 0 Å². The number of benzene rings is 1. The van der Waals surface area contributed by atoms with E-state index in [-0.39, 0.29) is 23.7 Å². The van der Waals surface area contributed by atoms with Crippen molar-refractivity contribution in [1.29, 1.82) is 0 Å². The highest BCUT2D eigenvalue weighted by Gasteiger charge is 2.64. The maximum Gasteiger partial charge on any atom is 0.406 e. The van der Waals surface area contributed by atoms with E-state index in [4.69, 9.17) is 9.84 Å². The molecule has 142 valence electrons. The lowest BCUT2D eigenvalue weighted by atomic mass is 9.86. The molecular weight excluding hydrogens is 367 g/mol. The Morgan fingerprint density at radius 1 is 1.26 bits per heavy atom. The van der Waals surface area contributed by atoms with Gasteiger partial charge in [-0.1, -0.05) is 6.07 Å². The van der Waals surface area contributed by atoms with Crippen molar-refractivity contribution in [3.63, 3.8) is 0 Å². The van der Waals surface area contributed by atoms with Crippen molar-refractivity contribution in [2.45, 2.75) is 12.6 Å². The molecule has 10 heteroatoms. The third kappa shape index (κ3) is 3.55. The van der Waals surface area contributed by atoms with Crippen molar-refractivity contribution in [3.05, 3.63) is 48.4 Å². The highest BCUT2D eigenvalue weighted by atomic mass is 19.4. The van der Waals surface area contributed by atoms with Gasteiger partial charge >= 0.3 is 12.1 Å². The number of nitrogens with zero attached hydrogens (tertiary/aromatic N) is 3. The summed E-state index contributed by atoms with van der Waals surface area (Å²) in [5, 5.41) is 9.09. The molecule has 1 amide bonds. The number of hydrogen-bond acceptors (Lipinski definition) is 5. The normalized spacial score (nSPS) is 19.7. The fourth-order valence-corrected chi connectivity index (χ4v) is 2.84. The van der Waals surface area contributed by atoms with Crippen molar-refractivity contribution in [3.8, 4) is 11.6 Å². The zero-order valence-corrected chi connectivity index (χ0v) is 13.8. The number of likely N-dealkylation sites (tertiary alicyclic amines) is 1. The highest BCUT2D eigenvalue weighted by Crippen LogP contribution is 2.46. The number of carboxylic acids is 1. The second kappa shape index (κ2) is 6.86. The van der Waals surface area contributed by atoms with Crippen LogP contribution in [0.3, 0.4) is 0 Å². The number of carbonyl (C=O) groups is 2. The van der Waals surface area contributed by atoms with E-state index in [2.05, 4.69) is 9.97 Å². The van der Waals surface area contributed by atoms with E-state index >= 15 is 0 Å². The second-order valence-electron chi connectivity index (χ2n) is 6.04. The number of aliphatic carboxylic acids is 1. The van der Waals surface area contributed by atoms with Crippen LogP contribution >= 0.6 is 0 Å². The topological polar surface area (TPSA) is 92.6 Å². The average molecular weight is 381 g/mol. The SMILES string of the molecule is O=C(c1cccc(Oc2cnccn2)c1)N1CCC(C(=O)O)(C(F)(F)F)C1. The lowest BCUT2D eigenvalue weighted by Gasteiger charge is -2.27. The molecule has 1 aliphatic rings. The molecule has 1 unspecified atom stereocenters.